The zero-order chi connectivity index (χ0) is 12.3. The van der Waals surface area contributed by atoms with Crippen molar-refractivity contribution in [2.24, 2.45) is 0 Å². The van der Waals surface area contributed by atoms with E-state index in [9.17, 15) is 18.9 Å². The van der Waals surface area contributed by atoms with Gasteiger partial charge in [-0.05, 0) is 9.91 Å². The first-order valence-corrected chi connectivity index (χ1v) is 4.05. The number of nitrogens with zero attached hydrogens (tertiary/aromatic N) is 3. The van der Waals surface area contributed by atoms with Crippen LogP contribution in [0.15, 0.2) is 6.20 Å². The largest absolute Gasteiger partial charge is 0.391 e. The third kappa shape index (κ3) is 2.03. The molecule has 8 heteroatoms. The molecule has 0 aromatic carbocycles. The van der Waals surface area contributed by atoms with Crippen molar-refractivity contribution in [2.45, 2.75) is 12.8 Å². The Morgan fingerprint density at radius 2 is 2.31 bits per heavy atom. The molecule has 1 heterocycles. The fraction of sp³-hybridized carbons (Fsp3) is 0.250. The minimum Gasteiger partial charge on any atom is -0.391 e. The van der Waals surface area contributed by atoms with E-state index in [-0.39, 0.29) is 12.0 Å². The Morgan fingerprint density at radius 3 is 2.75 bits per heavy atom. The summed E-state index contributed by atoms with van der Waals surface area (Å²) in [5.74, 6) is -0.822. The summed E-state index contributed by atoms with van der Waals surface area (Å²) in [6.45, 7) is 0. The summed E-state index contributed by atoms with van der Waals surface area (Å²) in [7, 11) is 0. The van der Waals surface area contributed by atoms with Gasteiger partial charge in [0.2, 0.25) is 0 Å². The topological polar surface area (TPSA) is 106 Å². The monoisotopic (exact) mass is 228 g/mol. The Morgan fingerprint density at radius 1 is 1.69 bits per heavy atom. The van der Waals surface area contributed by atoms with Crippen LogP contribution in [0.2, 0.25) is 0 Å². The molecule has 2 N–H and O–H groups in total. The van der Waals surface area contributed by atoms with Gasteiger partial charge in [-0.15, -0.1) is 0 Å². The molecule has 0 aliphatic rings. The van der Waals surface area contributed by atoms with Crippen molar-refractivity contribution in [3.05, 3.63) is 27.4 Å². The molecule has 84 valence electrons. The van der Waals surface area contributed by atoms with Gasteiger partial charge in [0.15, 0.2) is 0 Å². The number of rotatable bonds is 3. The summed E-state index contributed by atoms with van der Waals surface area (Å²) in [5, 5.41) is 18.8. The molecule has 1 aromatic heterocycles. The molecule has 1 rings (SSSR count). The Labute approximate surface area is 88.5 Å². The van der Waals surface area contributed by atoms with Crippen LogP contribution in [0.5, 0.6) is 0 Å². The van der Waals surface area contributed by atoms with Gasteiger partial charge < -0.3 is 15.8 Å². The lowest BCUT2D eigenvalue weighted by Crippen LogP contribution is -2.06. The molecule has 16 heavy (non-hydrogen) atoms. The second-order valence-corrected chi connectivity index (χ2v) is 2.83. The van der Waals surface area contributed by atoms with Crippen LogP contribution < -0.4 is 5.73 Å². The average molecular weight is 228 g/mol. The molecule has 0 radical (unpaired) electrons. The lowest BCUT2D eigenvalue weighted by molar-refractivity contribution is -0.388. The lowest BCUT2D eigenvalue weighted by atomic mass is 10.1. The van der Waals surface area contributed by atoms with E-state index in [1.54, 1.807) is 6.07 Å². The van der Waals surface area contributed by atoms with Crippen molar-refractivity contribution in [3.8, 4) is 6.07 Å². The highest BCUT2D eigenvalue weighted by atomic mass is 19.3. The van der Waals surface area contributed by atoms with Crippen LogP contribution in [0.1, 0.15) is 17.6 Å². The number of pyridine rings is 1. The van der Waals surface area contributed by atoms with Crippen LogP contribution in [0.4, 0.5) is 20.3 Å². The summed E-state index contributed by atoms with van der Waals surface area (Å²) in [5.41, 5.74) is 3.75. The molecule has 0 bridgehead atoms. The first-order valence-electron chi connectivity index (χ1n) is 4.05. The molecule has 0 aliphatic carbocycles. The van der Waals surface area contributed by atoms with Crippen LogP contribution >= 0.6 is 0 Å². The average Bonchev–Trinajstić information content (AvgIpc) is 2.17. The van der Waals surface area contributed by atoms with E-state index in [0.717, 1.165) is 6.20 Å². The number of halogens is 2. The van der Waals surface area contributed by atoms with Gasteiger partial charge in [0, 0.05) is 5.56 Å². The van der Waals surface area contributed by atoms with Gasteiger partial charge in [0.25, 0.3) is 6.43 Å². The van der Waals surface area contributed by atoms with Crippen LogP contribution in [0, 0.1) is 21.4 Å². The molecule has 0 unspecified atom stereocenters. The third-order valence-electron chi connectivity index (χ3n) is 1.88. The van der Waals surface area contributed by atoms with Crippen LogP contribution in [-0.4, -0.2) is 9.91 Å². The minimum absolute atomic E-state index is 0.0967. The molecule has 1 aromatic rings. The van der Waals surface area contributed by atoms with Crippen molar-refractivity contribution in [1.82, 2.24) is 4.98 Å². The third-order valence-corrected chi connectivity index (χ3v) is 1.88. The maximum atomic E-state index is 12.6. The number of hydrogen-bond donors (Lipinski definition) is 1. The van der Waals surface area contributed by atoms with Crippen LogP contribution in [0.25, 0.3) is 0 Å². The highest BCUT2D eigenvalue weighted by Gasteiger charge is 2.25. The van der Waals surface area contributed by atoms with Crippen LogP contribution in [-0.2, 0) is 6.42 Å². The number of nitrogens with two attached hydrogens (primary N) is 1. The lowest BCUT2D eigenvalue weighted by Gasteiger charge is -2.07. The predicted molar refractivity (Wildman–Crippen MR) is 49.6 cm³/mol. The van der Waals surface area contributed by atoms with E-state index in [2.05, 4.69) is 4.98 Å². The summed E-state index contributed by atoms with van der Waals surface area (Å²) >= 11 is 0. The van der Waals surface area contributed by atoms with E-state index in [1.165, 1.54) is 0 Å². The highest BCUT2D eigenvalue weighted by molar-refractivity contribution is 5.62. The second kappa shape index (κ2) is 4.48. The molecule has 0 spiro atoms. The van der Waals surface area contributed by atoms with E-state index in [4.69, 9.17) is 11.0 Å². The first kappa shape index (κ1) is 11.8. The molecule has 0 saturated heterocycles. The number of aromatic nitrogens is 1. The van der Waals surface area contributed by atoms with Gasteiger partial charge in [0.05, 0.1) is 18.1 Å². The van der Waals surface area contributed by atoms with Crippen molar-refractivity contribution in [1.29, 1.82) is 5.26 Å². The summed E-state index contributed by atoms with van der Waals surface area (Å²) < 4.78 is 25.2. The number of nitro groups is 1. The predicted octanol–water partition coefficient (Wildman–Crippen LogP) is 1.58. The molecule has 6 nitrogen and oxygen atoms in total. The molecular weight excluding hydrogens is 222 g/mol. The van der Waals surface area contributed by atoms with Gasteiger partial charge >= 0.3 is 5.82 Å². The van der Waals surface area contributed by atoms with Crippen molar-refractivity contribution in [2.75, 3.05) is 5.73 Å². The van der Waals surface area contributed by atoms with Gasteiger partial charge in [-0.3, -0.25) is 0 Å². The van der Waals surface area contributed by atoms with E-state index >= 15 is 0 Å². The standard InChI is InChI=1S/C8H6F2N4O2/c9-7(10)5-4(1-2-11)3-13-8(6(5)12)14(15)16/h3,7H,1,12H2. The van der Waals surface area contributed by atoms with Crippen molar-refractivity contribution < 1.29 is 13.7 Å². The minimum atomic E-state index is -2.98. The number of hydrogen-bond acceptors (Lipinski definition) is 5. The SMILES string of the molecule is N#CCc1cnc([N+](=O)[O-])c(N)c1C(F)F. The summed E-state index contributed by atoms with van der Waals surface area (Å²) in [6, 6.07) is 1.66. The van der Waals surface area contributed by atoms with Gasteiger partial charge in [0.1, 0.15) is 11.9 Å². The maximum Gasteiger partial charge on any atom is 0.387 e. The molecule has 0 amide bonds. The Kier molecular flexibility index (Phi) is 3.30. The van der Waals surface area contributed by atoms with Gasteiger partial charge in [-0.1, -0.05) is 0 Å². The fourth-order valence-corrected chi connectivity index (χ4v) is 1.20. The van der Waals surface area contributed by atoms with Gasteiger partial charge in [-0.25, -0.2) is 8.78 Å². The zero-order valence-electron chi connectivity index (χ0n) is 7.85. The summed E-state index contributed by atoms with van der Waals surface area (Å²) in [4.78, 5) is 12.8. The molecule has 0 saturated carbocycles. The fourth-order valence-electron chi connectivity index (χ4n) is 1.20. The number of nitriles is 1. The second-order valence-electron chi connectivity index (χ2n) is 2.83. The molecule has 0 atom stereocenters. The van der Waals surface area contributed by atoms with Gasteiger partial charge in [-0.2, -0.15) is 5.26 Å². The molecule has 0 fully saturated rings. The Hall–Kier alpha value is -2.30. The molecular formula is C8H6F2N4O2. The van der Waals surface area contributed by atoms with Crippen molar-refractivity contribution in [3.63, 3.8) is 0 Å². The smallest absolute Gasteiger partial charge is 0.387 e. The maximum absolute atomic E-state index is 12.6. The number of nitrogen functional groups attached to an aromatic ring is 1. The van der Waals surface area contributed by atoms with E-state index in [0.29, 0.717) is 0 Å². The number of anilines is 1. The quantitative estimate of drug-likeness (QED) is 0.624. The molecule has 0 aliphatic heterocycles. The van der Waals surface area contributed by atoms with Crippen molar-refractivity contribution >= 4 is 11.5 Å². The zero-order valence-corrected chi connectivity index (χ0v) is 7.85. The van der Waals surface area contributed by atoms with Crippen LogP contribution in [0.3, 0.4) is 0 Å². The Balaban J connectivity index is 3.42. The highest BCUT2D eigenvalue weighted by Crippen LogP contribution is 2.33. The Bertz CT molecular complexity index is 470. The summed E-state index contributed by atoms with van der Waals surface area (Å²) in [6.07, 6.45) is -2.43. The number of alkyl halides is 2. The normalized spacial score (nSPS) is 10.1. The first-order chi connectivity index (χ1) is 7.49. The van der Waals surface area contributed by atoms with E-state index in [1.807, 2.05) is 0 Å². The van der Waals surface area contributed by atoms with E-state index < -0.39 is 28.4 Å².